The molecular weight excluding hydrogens is 162 g/mol. The fourth-order valence-electron chi connectivity index (χ4n) is 4.17. The van der Waals surface area contributed by atoms with Gasteiger partial charge in [0, 0.05) is 0 Å². The first-order chi connectivity index (χ1) is 6.36. The van der Waals surface area contributed by atoms with Crippen molar-refractivity contribution in [3.63, 3.8) is 0 Å². The number of rotatable bonds is 1. The van der Waals surface area contributed by atoms with Crippen molar-refractivity contribution in [3.05, 3.63) is 0 Å². The molecule has 0 atom stereocenters. The molecule has 0 unspecified atom stereocenters. The summed E-state index contributed by atoms with van der Waals surface area (Å²) in [5, 5.41) is 0. The minimum Gasteiger partial charge on any atom is -0.211 e. The Bertz CT molecular complexity index is 239. The van der Waals surface area contributed by atoms with Crippen molar-refractivity contribution in [2.75, 3.05) is 0 Å². The molecule has 4 bridgehead atoms. The van der Waals surface area contributed by atoms with Crippen LogP contribution in [-0.4, -0.2) is 12.1 Å². The first-order valence-electron chi connectivity index (χ1n) is 5.44. The second-order valence-electron chi connectivity index (χ2n) is 5.14. The van der Waals surface area contributed by atoms with Crippen molar-refractivity contribution in [1.82, 2.24) is 0 Å². The van der Waals surface area contributed by atoms with E-state index in [1.165, 1.54) is 32.1 Å². The third-order valence-corrected chi connectivity index (χ3v) is 4.38. The molecule has 4 aliphatic carbocycles. The van der Waals surface area contributed by atoms with E-state index in [0.29, 0.717) is 6.04 Å². The number of carbonyl (C=O) groups excluding carboxylic acids is 1. The molecule has 4 rings (SSSR count). The topological polar surface area (TPSA) is 29.4 Å². The Morgan fingerprint density at radius 1 is 0.923 bits per heavy atom. The van der Waals surface area contributed by atoms with Crippen LogP contribution >= 0.6 is 0 Å². The van der Waals surface area contributed by atoms with Gasteiger partial charge in [-0.2, -0.15) is 0 Å². The van der Waals surface area contributed by atoms with Gasteiger partial charge in [-0.3, -0.25) is 0 Å². The predicted molar refractivity (Wildman–Crippen MR) is 49.0 cm³/mol. The highest BCUT2D eigenvalue weighted by Gasteiger charge is 2.48. The smallest absolute Gasteiger partial charge is 0.211 e. The van der Waals surface area contributed by atoms with Gasteiger partial charge in [0.2, 0.25) is 6.08 Å². The van der Waals surface area contributed by atoms with Crippen LogP contribution in [0.25, 0.3) is 0 Å². The summed E-state index contributed by atoms with van der Waals surface area (Å²) >= 11 is 0. The zero-order valence-electron chi connectivity index (χ0n) is 7.78. The number of hydrogen-bond donors (Lipinski definition) is 0. The van der Waals surface area contributed by atoms with Crippen LogP contribution in [0, 0.1) is 23.7 Å². The summed E-state index contributed by atoms with van der Waals surface area (Å²) in [6.07, 6.45) is 8.58. The summed E-state index contributed by atoms with van der Waals surface area (Å²) in [6.45, 7) is 0. The van der Waals surface area contributed by atoms with E-state index < -0.39 is 0 Å². The van der Waals surface area contributed by atoms with Crippen molar-refractivity contribution in [2.24, 2.45) is 28.7 Å². The molecule has 4 fully saturated rings. The highest BCUT2D eigenvalue weighted by atomic mass is 16.1. The van der Waals surface area contributed by atoms with Crippen LogP contribution in [0.2, 0.25) is 0 Å². The second-order valence-corrected chi connectivity index (χ2v) is 5.14. The van der Waals surface area contributed by atoms with E-state index in [1.54, 1.807) is 6.08 Å². The third kappa shape index (κ3) is 1.08. The van der Waals surface area contributed by atoms with Gasteiger partial charge in [-0.1, -0.05) is 0 Å². The molecule has 0 aliphatic heterocycles. The summed E-state index contributed by atoms with van der Waals surface area (Å²) in [4.78, 5) is 14.3. The number of aliphatic imine (C=N–C) groups is 1. The molecule has 0 heterocycles. The lowest BCUT2D eigenvalue weighted by Crippen LogP contribution is -2.47. The number of hydrogen-bond acceptors (Lipinski definition) is 2. The minimum atomic E-state index is 0.352. The van der Waals surface area contributed by atoms with Crippen LogP contribution in [-0.2, 0) is 4.79 Å². The SMILES string of the molecule is O=C=NC1C2CC3CC(C2)CC1C3. The Morgan fingerprint density at radius 3 is 1.92 bits per heavy atom. The zero-order valence-corrected chi connectivity index (χ0v) is 7.78. The van der Waals surface area contributed by atoms with Gasteiger partial charge < -0.3 is 0 Å². The van der Waals surface area contributed by atoms with Gasteiger partial charge in [0.15, 0.2) is 0 Å². The first kappa shape index (κ1) is 7.75. The molecular formula is C11H15NO. The molecule has 2 nitrogen and oxygen atoms in total. The maximum absolute atomic E-state index is 10.3. The molecule has 0 radical (unpaired) electrons. The van der Waals surface area contributed by atoms with Gasteiger partial charge in [0.05, 0.1) is 6.04 Å². The molecule has 13 heavy (non-hydrogen) atoms. The number of isocyanates is 1. The van der Waals surface area contributed by atoms with Gasteiger partial charge in [-0.05, 0) is 55.8 Å². The summed E-state index contributed by atoms with van der Waals surface area (Å²) in [5.41, 5.74) is 0. The molecule has 4 saturated carbocycles. The lowest BCUT2D eigenvalue weighted by molar-refractivity contribution is 0.00128. The van der Waals surface area contributed by atoms with Crippen LogP contribution in [0.15, 0.2) is 4.99 Å². The van der Waals surface area contributed by atoms with E-state index in [9.17, 15) is 4.79 Å². The van der Waals surface area contributed by atoms with Crippen LogP contribution < -0.4 is 0 Å². The molecule has 4 aliphatic rings. The summed E-state index contributed by atoms with van der Waals surface area (Å²) < 4.78 is 0. The van der Waals surface area contributed by atoms with Gasteiger partial charge in [0.25, 0.3) is 0 Å². The Morgan fingerprint density at radius 2 is 1.46 bits per heavy atom. The van der Waals surface area contributed by atoms with Crippen LogP contribution in [0.5, 0.6) is 0 Å². The molecule has 0 amide bonds. The average Bonchev–Trinajstić information content (AvgIpc) is 2.10. The van der Waals surface area contributed by atoms with Gasteiger partial charge in [0.1, 0.15) is 0 Å². The molecule has 0 spiro atoms. The molecule has 70 valence electrons. The zero-order chi connectivity index (χ0) is 8.84. The van der Waals surface area contributed by atoms with Crippen molar-refractivity contribution >= 4 is 6.08 Å². The van der Waals surface area contributed by atoms with E-state index >= 15 is 0 Å². The Labute approximate surface area is 78.4 Å². The predicted octanol–water partition coefficient (Wildman–Crippen LogP) is 2.15. The normalized spacial score (nSPS) is 51.8. The highest BCUT2D eigenvalue weighted by Crippen LogP contribution is 2.54. The quantitative estimate of drug-likeness (QED) is 0.445. The second kappa shape index (κ2) is 2.68. The standard InChI is InChI=1S/C11H15NO/c13-6-12-11-9-2-7-1-8(4-9)5-10(11)3-7/h7-11H,1-5H2. The van der Waals surface area contributed by atoms with Crippen molar-refractivity contribution in [2.45, 2.75) is 38.1 Å². The van der Waals surface area contributed by atoms with E-state index in [2.05, 4.69) is 4.99 Å². The lowest BCUT2D eigenvalue weighted by atomic mass is 9.54. The first-order valence-corrected chi connectivity index (χ1v) is 5.44. The van der Waals surface area contributed by atoms with Crippen LogP contribution in [0.3, 0.4) is 0 Å². The molecule has 0 saturated heterocycles. The van der Waals surface area contributed by atoms with E-state index in [4.69, 9.17) is 0 Å². The van der Waals surface area contributed by atoms with Gasteiger partial charge >= 0.3 is 0 Å². The Hall–Kier alpha value is -0.620. The molecule has 0 N–H and O–H groups in total. The molecule has 0 aromatic rings. The number of nitrogens with zero attached hydrogens (tertiary/aromatic N) is 1. The molecule has 0 aromatic heterocycles. The van der Waals surface area contributed by atoms with Gasteiger partial charge in [-0.15, -0.1) is 0 Å². The maximum Gasteiger partial charge on any atom is 0.235 e. The monoisotopic (exact) mass is 177 g/mol. The Kier molecular flexibility index (Phi) is 1.60. The minimum absolute atomic E-state index is 0.352. The lowest BCUT2D eigenvalue weighted by Gasteiger charge is -2.52. The third-order valence-electron chi connectivity index (χ3n) is 4.38. The van der Waals surface area contributed by atoms with E-state index in [-0.39, 0.29) is 0 Å². The van der Waals surface area contributed by atoms with Crippen molar-refractivity contribution in [1.29, 1.82) is 0 Å². The van der Waals surface area contributed by atoms with Crippen molar-refractivity contribution in [3.8, 4) is 0 Å². The molecule has 2 heteroatoms. The highest BCUT2D eigenvalue weighted by molar-refractivity contribution is 5.34. The average molecular weight is 177 g/mol. The fourth-order valence-corrected chi connectivity index (χ4v) is 4.17. The Balaban J connectivity index is 1.89. The van der Waals surface area contributed by atoms with Gasteiger partial charge in [-0.25, -0.2) is 9.79 Å². The maximum atomic E-state index is 10.3. The van der Waals surface area contributed by atoms with E-state index in [0.717, 1.165) is 23.7 Å². The summed E-state index contributed by atoms with van der Waals surface area (Å²) in [5.74, 6) is 3.41. The summed E-state index contributed by atoms with van der Waals surface area (Å²) in [6, 6.07) is 0.352. The van der Waals surface area contributed by atoms with E-state index in [1.807, 2.05) is 0 Å². The van der Waals surface area contributed by atoms with Crippen LogP contribution in [0.4, 0.5) is 0 Å². The fraction of sp³-hybridized carbons (Fsp3) is 0.909. The largest absolute Gasteiger partial charge is 0.235 e. The van der Waals surface area contributed by atoms with Crippen LogP contribution in [0.1, 0.15) is 32.1 Å². The summed E-state index contributed by atoms with van der Waals surface area (Å²) in [7, 11) is 0. The van der Waals surface area contributed by atoms with Crippen molar-refractivity contribution < 1.29 is 4.79 Å². The molecule has 0 aromatic carbocycles.